The molecule has 2 saturated heterocycles. The predicted molar refractivity (Wildman–Crippen MR) is 144 cm³/mol. The van der Waals surface area contributed by atoms with Crippen molar-refractivity contribution in [1.29, 1.82) is 0 Å². The molecular weight excluding hydrogens is 488 g/mol. The molecule has 3 fully saturated rings. The number of nitrogens with zero attached hydrogens (tertiary/aromatic N) is 4. The number of likely N-dealkylation sites (tertiary alicyclic amines) is 1. The molecule has 2 aliphatic heterocycles. The average molecular weight is 525 g/mol. The van der Waals surface area contributed by atoms with Gasteiger partial charge < -0.3 is 14.5 Å². The highest BCUT2D eigenvalue weighted by atomic mass is 35.5. The van der Waals surface area contributed by atoms with Gasteiger partial charge >= 0.3 is 0 Å². The molecular formula is C29H37ClN4O3. The summed E-state index contributed by atoms with van der Waals surface area (Å²) in [5.74, 6) is 0.870. The highest BCUT2D eigenvalue weighted by Crippen LogP contribution is 2.31. The van der Waals surface area contributed by atoms with Crippen LogP contribution >= 0.6 is 11.6 Å². The van der Waals surface area contributed by atoms with E-state index in [0.717, 1.165) is 56.0 Å². The first-order chi connectivity index (χ1) is 18.0. The molecule has 1 aromatic carbocycles. The van der Waals surface area contributed by atoms with Gasteiger partial charge in [0.1, 0.15) is 5.75 Å². The summed E-state index contributed by atoms with van der Waals surface area (Å²) in [6.45, 7) is 6.74. The Hall–Kier alpha value is -2.64. The summed E-state index contributed by atoms with van der Waals surface area (Å²) in [6, 6.07) is 11.6. The van der Waals surface area contributed by atoms with Crippen LogP contribution in [0.1, 0.15) is 66.2 Å². The Morgan fingerprint density at radius 1 is 0.892 bits per heavy atom. The molecule has 1 aliphatic carbocycles. The first-order valence-corrected chi connectivity index (χ1v) is 14.0. The fourth-order valence-electron chi connectivity index (χ4n) is 5.97. The smallest absolute Gasteiger partial charge is 0.260 e. The van der Waals surface area contributed by atoms with Crippen molar-refractivity contribution in [2.75, 3.05) is 45.9 Å². The molecule has 198 valence electrons. The summed E-state index contributed by atoms with van der Waals surface area (Å²) in [6.07, 6.45) is 6.85. The van der Waals surface area contributed by atoms with Gasteiger partial charge in [-0.15, -0.1) is 0 Å². The lowest BCUT2D eigenvalue weighted by Gasteiger charge is -2.38. The van der Waals surface area contributed by atoms with Gasteiger partial charge in [0.05, 0.1) is 11.3 Å². The lowest BCUT2D eigenvalue weighted by atomic mass is 9.89. The molecule has 0 spiro atoms. The van der Waals surface area contributed by atoms with E-state index in [4.69, 9.17) is 21.3 Å². The molecule has 7 nitrogen and oxygen atoms in total. The van der Waals surface area contributed by atoms with Crippen molar-refractivity contribution in [2.45, 2.75) is 57.4 Å². The van der Waals surface area contributed by atoms with E-state index in [1.807, 2.05) is 28.9 Å². The van der Waals surface area contributed by atoms with E-state index in [2.05, 4.69) is 4.90 Å². The second-order valence-corrected chi connectivity index (χ2v) is 11.0. The quantitative estimate of drug-likeness (QED) is 0.555. The molecule has 0 unspecified atom stereocenters. The minimum Gasteiger partial charge on any atom is -0.484 e. The van der Waals surface area contributed by atoms with E-state index in [1.165, 1.54) is 25.7 Å². The number of hydrogen-bond acceptors (Lipinski definition) is 5. The number of amides is 2. The normalized spacial score (nSPS) is 19.8. The van der Waals surface area contributed by atoms with Gasteiger partial charge in [-0.05, 0) is 69.0 Å². The molecule has 8 heteroatoms. The number of piperidine rings is 1. The summed E-state index contributed by atoms with van der Waals surface area (Å²) in [5.41, 5.74) is 2.55. The van der Waals surface area contributed by atoms with Crippen molar-refractivity contribution in [2.24, 2.45) is 0 Å². The van der Waals surface area contributed by atoms with Crippen LogP contribution in [0.3, 0.4) is 0 Å². The van der Waals surface area contributed by atoms with Crippen molar-refractivity contribution in [1.82, 2.24) is 19.7 Å². The van der Waals surface area contributed by atoms with Crippen LogP contribution in [0.2, 0.25) is 5.02 Å². The number of carbonyl (C=O) groups is 2. The third kappa shape index (κ3) is 6.27. The largest absolute Gasteiger partial charge is 0.484 e. The fourth-order valence-corrected chi connectivity index (χ4v) is 6.09. The lowest BCUT2D eigenvalue weighted by molar-refractivity contribution is -0.134. The Morgan fingerprint density at radius 2 is 1.57 bits per heavy atom. The molecule has 1 saturated carbocycles. The molecule has 0 N–H and O–H groups in total. The summed E-state index contributed by atoms with van der Waals surface area (Å²) in [4.78, 5) is 37.6. The third-order valence-corrected chi connectivity index (χ3v) is 8.40. The van der Waals surface area contributed by atoms with E-state index < -0.39 is 0 Å². The molecule has 3 heterocycles. The number of aryl methyl sites for hydroxylation is 1. The molecule has 1 aromatic heterocycles. The summed E-state index contributed by atoms with van der Waals surface area (Å²) < 4.78 is 5.65. The first-order valence-electron chi connectivity index (χ1n) is 13.6. The van der Waals surface area contributed by atoms with Gasteiger partial charge in [-0.1, -0.05) is 24.4 Å². The van der Waals surface area contributed by atoms with Crippen molar-refractivity contribution in [3.05, 3.63) is 58.4 Å². The van der Waals surface area contributed by atoms with Crippen molar-refractivity contribution < 1.29 is 14.3 Å². The molecule has 2 amide bonds. The predicted octanol–water partition coefficient (Wildman–Crippen LogP) is 4.53. The van der Waals surface area contributed by atoms with E-state index in [-0.39, 0.29) is 24.3 Å². The maximum absolute atomic E-state index is 13.6. The highest BCUT2D eigenvalue weighted by Gasteiger charge is 2.32. The van der Waals surface area contributed by atoms with E-state index in [9.17, 15) is 9.59 Å². The highest BCUT2D eigenvalue weighted by molar-refractivity contribution is 6.30. The third-order valence-electron chi connectivity index (χ3n) is 8.15. The monoisotopic (exact) mass is 524 g/mol. The van der Waals surface area contributed by atoms with Crippen LogP contribution in [0.25, 0.3) is 0 Å². The minimum atomic E-state index is -0.0259. The van der Waals surface area contributed by atoms with Crippen LogP contribution in [0.15, 0.2) is 36.4 Å². The second-order valence-electron chi connectivity index (χ2n) is 10.5. The zero-order valence-electron chi connectivity index (χ0n) is 21.7. The average Bonchev–Trinajstić information content (AvgIpc) is 3.48. The van der Waals surface area contributed by atoms with E-state index >= 15 is 0 Å². The molecule has 5 rings (SSSR count). The molecule has 0 bridgehead atoms. The number of ether oxygens (including phenoxy) is 1. The number of hydrogen-bond donors (Lipinski definition) is 0. The molecule has 3 aliphatic rings. The summed E-state index contributed by atoms with van der Waals surface area (Å²) in [7, 11) is 0. The molecule has 0 atom stereocenters. The number of pyridine rings is 1. The molecule has 37 heavy (non-hydrogen) atoms. The van der Waals surface area contributed by atoms with E-state index in [0.29, 0.717) is 29.9 Å². The van der Waals surface area contributed by atoms with Gasteiger partial charge in [0.25, 0.3) is 11.8 Å². The van der Waals surface area contributed by atoms with Gasteiger partial charge in [0.2, 0.25) is 0 Å². The zero-order valence-corrected chi connectivity index (χ0v) is 22.5. The molecule has 0 radical (unpaired) electrons. The topological polar surface area (TPSA) is 66.0 Å². The Bertz CT molecular complexity index is 1090. The van der Waals surface area contributed by atoms with Gasteiger partial charge in [0.15, 0.2) is 6.61 Å². The second kappa shape index (κ2) is 11.8. The maximum atomic E-state index is 13.6. The fraction of sp³-hybridized carbons (Fsp3) is 0.552. The maximum Gasteiger partial charge on any atom is 0.260 e. The van der Waals surface area contributed by atoms with Gasteiger partial charge in [0, 0.05) is 61.9 Å². The summed E-state index contributed by atoms with van der Waals surface area (Å²) in [5, 5.41) is 0.634. The van der Waals surface area contributed by atoms with E-state index in [1.54, 1.807) is 24.3 Å². The number of aromatic nitrogens is 1. The van der Waals surface area contributed by atoms with Crippen LogP contribution in [0, 0.1) is 6.92 Å². The Morgan fingerprint density at radius 3 is 2.24 bits per heavy atom. The van der Waals surface area contributed by atoms with Crippen LogP contribution in [0.4, 0.5) is 0 Å². The SMILES string of the molecule is Cc1ccc(C(=O)N2CCN(C3CCCC3)CC2)c(C2CCN(C(=O)COc3ccc(Cl)cc3)CC2)n1. The summed E-state index contributed by atoms with van der Waals surface area (Å²) >= 11 is 5.91. The standard InChI is InChI=1S/C29H37ClN4O3/c1-21-6-11-26(29(36)34-18-16-32(17-19-34)24-4-2-3-5-24)28(31-21)22-12-14-33(15-13-22)27(35)20-37-25-9-7-23(30)8-10-25/h6-11,22,24H,2-5,12-20H2,1H3. The van der Waals surface area contributed by atoms with Gasteiger partial charge in [-0.2, -0.15) is 0 Å². The number of piperazine rings is 1. The Kier molecular flexibility index (Phi) is 8.30. The van der Waals surface area contributed by atoms with Crippen LogP contribution < -0.4 is 4.74 Å². The van der Waals surface area contributed by atoms with Gasteiger partial charge in [-0.25, -0.2) is 0 Å². The number of rotatable bonds is 6. The minimum absolute atomic E-state index is 0.00552. The van der Waals surface area contributed by atoms with Crippen LogP contribution in [-0.2, 0) is 4.79 Å². The number of benzene rings is 1. The van der Waals surface area contributed by atoms with Crippen LogP contribution in [-0.4, -0.2) is 83.4 Å². The van der Waals surface area contributed by atoms with Crippen molar-refractivity contribution >= 4 is 23.4 Å². The van der Waals surface area contributed by atoms with Crippen LogP contribution in [0.5, 0.6) is 5.75 Å². The Labute approximate surface area is 224 Å². The zero-order chi connectivity index (χ0) is 25.8. The van der Waals surface area contributed by atoms with Gasteiger partial charge in [-0.3, -0.25) is 19.5 Å². The van der Waals surface area contributed by atoms with Crippen molar-refractivity contribution in [3.8, 4) is 5.75 Å². The van der Waals surface area contributed by atoms with Crippen molar-refractivity contribution in [3.63, 3.8) is 0 Å². The number of carbonyl (C=O) groups excluding carboxylic acids is 2. The first kappa shape index (κ1) is 26.0. The lowest BCUT2D eigenvalue weighted by Crippen LogP contribution is -2.51. The molecule has 2 aromatic rings. The number of halogens is 1. The Balaban J connectivity index is 1.17.